The van der Waals surface area contributed by atoms with Crippen LogP contribution in [0.15, 0.2) is 65.1 Å². The Bertz CT molecular complexity index is 923. The average Bonchev–Trinajstić information content (AvgIpc) is 2.94. The van der Waals surface area contributed by atoms with Crippen molar-refractivity contribution in [2.45, 2.75) is 6.92 Å². The van der Waals surface area contributed by atoms with Crippen LogP contribution in [0, 0.1) is 0 Å². The topological polar surface area (TPSA) is 65.8 Å². The molecule has 1 fully saturated rings. The van der Waals surface area contributed by atoms with Crippen molar-refractivity contribution in [3.05, 3.63) is 70.9 Å². The fourth-order valence-corrected chi connectivity index (χ4v) is 3.64. The highest BCUT2D eigenvalue weighted by Gasteiger charge is 2.34. The third-order valence-electron chi connectivity index (χ3n) is 3.77. The number of phenolic OH excluding ortho intramolecular Hbond substituents is 1. The Morgan fingerprint density at radius 2 is 2.12 bits per heavy atom. The molecule has 2 aromatic rings. The van der Waals surface area contributed by atoms with Gasteiger partial charge in [0, 0.05) is 12.7 Å². The summed E-state index contributed by atoms with van der Waals surface area (Å²) < 4.78 is 0. The lowest BCUT2D eigenvalue weighted by atomic mass is 10.1. The van der Waals surface area contributed by atoms with Gasteiger partial charge in [-0.05, 0) is 54.1 Å². The van der Waals surface area contributed by atoms with Crippen molar-refractivity contribution in [2.24, 2.45) is 4.99 Å². The Morgan fingerprint density at radius 1 is 1.38 bits per heavy atom. The van der Waals surface area contributed by atoms with Gasteiger partial charge in [0.05, 0.1) is 4.91 Å². The summed E-state index contributed by atoms with van der Waals surface area (Å²) in [4.78, 5) is 23.5. The van der Waals surface area contributed by atoms with Gasteiger partial charge in [-0.25, -0.2) is 9.98 Å². The molecule has 1 aliphatic heterocycles. The fraction of sp³-hybridized carbons (Fsp3) is 0.105. The van der Waals surface area contributed by atoms with Gasteiger partial charge in [0.25, 0.3) is 5.91 Å². The molecule has 132 valence electrons. The predicted octanol–water partition coefficient (Wildman–Crippen LogP) is 4.62. The van der Waals surface area contributed by atoms with Gasteiger partial charge < -0.3 is 5.11 Å². The summed E-state index contributed by atoms with van der Waals surface area (Å²) in [6.07, 6.45) is 3.23. The third kappa shape index (κ3) is 3.66. The van der Waals surface area contributed by atoms with E-state index in [2.05, 4.69) is 16.6 Å². The zero-order chi connectivity index (χ0) is 18.7. The maximum Gasteiger partial charge on any atom is 0.267 e. The monoisotopic (exact) mass is 385 g/mol. The van der Waals surface area contributed by atoms with Crippen molar-refractivity contribution in [2.75, 3.05) is 6.54 Å². The molecule has 26 heavy (non-hydrogen) atoms. The number of benzene rings is 1. The molecule has 0 atom stereocenters. The van der Waals surface area contributed by atoms with Crippen LogP contribution in [0.2, 0.25) is 5.15 Å². The first kappa shape index (κ1) is 18.2. The predicted molar refractivity (Wildman–Crippen MR) is 107 cm³/mol. The van der Waals surface area contributed by atoms with Gasteiger partial charge in [-0.3, -0.25) is 9.69 Å². The van der Waals surface area contributed by atoms with Crippen LogP contribution in [0.5, 0.6) is 5.75 Å². The maximum atomic E-state index is 12.9. The Labute approximate surface area is 160 Å². The number of carbonyl (C=O) groups excluding carboxylic acids is 1. The highest BCUT2D eigenvalue weighted by Crippen LogP contribution is 2.38. The molecule has 0 aliphatic carbocycles. The van der Waals surface area contributed by atoms with Gasteiger partial charge in [-0.2, -0.15) is 0 Å². The number of halogens is 1. The molecule has 0 saturated carbocycles. The number of aromatic hydroxyl groups is 1. The second kappa shape index (κ2) is 7.76. The largest absolute Gasteiger partial charge is 0.508 e. The minimum absolute atomic E-state index is 0.140. The lowest BCUT2D eigenvalue weighted by Crippen LogP contribution is -2.29. The number of amidine groups is 1. The number of hydrogen-bond donors (Lipinski definition) is 1. The Balaban J connectivity index is 2.03. The highest BCUT2D eigenvalue weighted by atomic mass is 35.5. The number of aromatic nitrogens is 1. The van der Waals surface area contributed by atoms with Gasteiger partial charge in [0.2, 0.25) is 0 Å². The number of pyridine rings is 1. The standard InChI is InChI=1S/C19H16ClN3O2S/c1-3-11-23-18(25)16(12(2)13-6-8-14(24)9-7-13)26-19(23)22-15-5-4-10-21-17(15)20/h3-10,24H,1,11H2,2H3/b16-12-,22-19?. The molecule has 2 heterocycles. The van der Waals surface area contributed by atoms with Crippen molar-refractivity contribution in [3.63, 3.8) is 0 Å². The van der Waals surface area contributed by atoms with E-state index in [0.717, 1.165) is 11.1 Å². The summed E-state index contributed by atoms with van der Waals surface area (Å²) in [5.41, 5.74) is 2.18. The van der Waals surface area contributed by atoms with E-state index >= 15 is 0 Å². The summed E-state index contributed by atoms with van der Waals surface area (Å²) in [5, 5.41) is 10.3. The van der Waals surface area contributed by atoms with E-state index < -0.39 is 0 Å². The number of nitrogens with zero attached hydrogens (tertiary/aromatic N) is 3. The SMILES string of the molecule is C=CCN1C(=O)/C(=C(\C)c2ccc(O)cc2)SC1=Nc1cccnc1Cl. The molecule has 5 nitrogen and oxygen atoms in total. The second-order valence-electron chi connectivity index (χ2n) is 5.52. The molecule has 0 spiro atoms. The van der Waals surface area contributed by atoms with Crippen LogP contribution in [0.25, 0.3) is 5.57 Å². The molecule has 7 heteroatoms. The number of rotatable bonds is 4. The normalized spacial score (nSPS) is 17.7. The van der Waals surface area contributed by atoms with Gasteiger partial charge in [-0.15, -0.1) is 6.58 Å². The summed E-state index contributed by atoms with van der Waals surface area (Å²) in [6.45, 7) is 5.93. The quantitative estimate of drug-likeness (QED) is 0.473. The van der Waals surface area contributed by atoms with Crippen LogP contribution in [-0.4, -0.2) is 32.6 Å². The van der Waals surface area contributed by atoms with Gasteiger partial charge in [0.15, 0.2) is 10.3 Å². The molecule has 3 rings (SSSR count). The molecule has 0 bridgehead atoms. The van der Waals surface area contributed by atoms with Gasteiger partial charge in [0.1, 0.15) is 11.4 Å². The minimum atomic E-state index is -0.140. The minimum Gasteiger partial charge on any atom is -0.508 e. The summed E-state index contributed by atoms with van der Waals surface area (Å²) in [6, 6.07) is 10.2. The summed E-state index contributed by atoms with van der Waals surface area (Å²) >= 11 is 7.37. The molecular weight excluding hydrogens is 370 g/mol. The number of aliphatic imine (C=N–C) groups is 1. The van der Waals surface area contributed by atoms with E-state index in [9.17, 15) is 9.90 Å². The average molecular weight is 386 g/mol. The molecule has 0 radical (unpaired) electrons. The Hall–Kier alpha value is -2.57. The van der Waals surface area contributed by atoms with E-state index in [1.165, 1.54) is 11.8 Å². The number of hydrogen-bond acceptors (Lipinski definition) is 5. The molecule has 1 aromatic heterocycles. The van der Waals surface area contributed by atoms with Crippen molar-refractivity contribution in [1.29, 1.82) is 0 Å². The lowest BCUT2D eigenvalue weighted by Gasteiger charge is -2.12. The third-order valence-corrected chi connectivity index (χ3v) is 5.24. The van der Waals surface area contributed by atoms with Gasteiger partial charge >= 0.3 is 0 Å². The summed E-state index contributed by atoms with van der Waals surface area (Å²) in [5.74, 6) is 0.0398. The molecule has 1 N–H and O–H groups in total. The Morgan fingerprint density at radius 3 is 2.77 bits per heavy atom. The van der Waals surface area contributed by atoms with E-state index in [4.69, 9.17) is 11.6 Å². The van der Waals surface area contributed by atoms with Crippen molar-refractivity contribution in [3.8, 4) is 5.75 Å². The smallest absolute Gasteiger partial charge is 0.267 e. The zero-order valence-corrected chi connectivity index (χ0v) is 15.6. The van der Waals surface area contributed by atoms with E-state index in [-0.39, 0.29) is 16.8 Å². The molecular formula is C19H16ClN3O2S. The van der Waals surface area contributed by atoms with Crippen molar-refractivity contribution >= 4 is 45.7 Å². The van der Waals surface area contributed by atoms with Crippen LogP contribution < -0.4 is 0 Å². The number of phenols is 1. The van der Waals surface area contributed by atoms with Crippen LogP contribution in [0.1, 0.15) is 12.5 Å². The van der Waals surface area contributed by atoms with Crippen LogP contribution in [-0.2, 0) is 4.79 Å². The fourth-order valence-electron chi connectivity index (χ4n) is 2.42. The summed E-state index contributed by atoms with van der Waals surface area (Å²) in [7, 11) is 0. The second-order valence-corrected chi connectivity index (χ2v) is 6.85. The van der Waals surface area contributed by atoms with Crippen molar-refractivity contribution in [1.82, 2.24) is 9.88 Å². The zero-order valence-electron chi connectivity index (χ0n) is 14.0. The number of allylic oxidation sites excluding steroid dienone is 1. The first-order chi connectivity index (χ1) is 12.5. The first-order valence-electron chi connectivity index (χ1n) is 7.81. The number of thioether (sulfide) groups is 1. The molecule has 1 aromatic carbocycles. The molecule has 1 amide bonds. The highest BCUT2D eigenvalue weighted by molar-refractivity contribution is 8.18. The Kier molecular flexibility index (Phi) is 5.44. The molecule has 1 saturated heterocycles. The van der Waals surface area contributed by atoms with Crippen LogP contribution in [0.4, 0.5) is 5.69 Å². The first-order valence-corrected chi connectivity index (χ1v) is 9.01. The maximum absolute atomic E-state index is 12.9. The van der Waals surface area contributed by atoms with E-state index in [1.54, 1.807) is 53.6 Å². The van der Waals surface area contributed by atoms with E-state index in [1.807, 2.05) is 6.92 Å². The molecule has 1 aliphatic rings. The number of carbonyl (C=O) groups is 1. The van der Waals surface area contributed by atoms with Crippen LogP contribution >= 0.6 is 23.4 Å². The van der Waals surface area contributed by atoms with Crippen LogP contribution in [0.3, 0.4) is 0 Å². The molecule has 0 unspecified atom stereocenters. The van der Waals surface area contributed by atoms with E-state index in [0.29, 0.717) is 22.3 Å². The van der Waals surface area contributed by atoms with Crippen molar-refractivity contribution < 1.29 is 9.90 Å². The number of amides is 1. The lowest BCUT2D eigenvalue weighted by molar-refractivity contribution is -0.121. The van der Waals surface area contributed by atoms with Gasteiger partial charge in [-0.1, -0.05) is 29.8 Å².